The Morgan fingerprint density at radius 2 is 1.06 bits per heavy atom. The van der Waals surface area contributed by atoms with E-state index in [4.69, 9.17) is 15.0 Å². The molecule has 5 heteroatoms. The third-order valence-corrected chi connectivity index (χ3v) is 8.83. The van der Waals surface area contributed by atoms with Crippen LogP contribution >= 0.6 is 0 Å². The van der Waals surface area contributed by atoms with Crippen molar-refractivity contribution >= 4 is 32.7 Å². The molecule has 0 aliphatic rings. The van der Waals surface area contributed by atoms with Crippen molar-refractivity contribution in [2.45, 2.75) is 6.92 Å². The molecule has 0 unspecified atom stereocenters. The summed E-state index contributed by atoms with van der Waals surface area (Å²) in [5.74, 6) is 1.93. The summed E-state index contributed by atoms with van der Waals surface area (Å²) in [4.78, 5) is 14.9. The fourth-order valence-electron chi connectivity index (χ4n) is 6.66. The van der Waals surface area contributed by atoms with Gasteiger partial charge in [0.2, 0.25) is 0 Å². The molecule has 6 aromatic carbocycles. The molecular weight excluding hydrogens is 574 g/mol. The first-order chi connectivity index (χ1) is 23.2. The van der Waals surface area contributed by atoms with Crippen LogP contribution in [0.5, 0.6) is 0 Å². The highest BCUT2D eigenvalue weighted by molar-refractivity contribution is 6.18. The molecule has 3 heterocycles. The van der Waals surface area contributed by atoms with E-state index in [0.717, 1.165) is 39.1 Å². The van der Waals surface area contributed by atoms with Gasteiger partial charge in [0.1, 0.15) is 0 Å². The Kier molecular flexibility index (Phi) is 6.28. The van der Waals surface area contributed by atoms with Crippen LogP contribution in [0.15, 0.2) is 158 Å². The van der Waals surface area contributed by atoms with Gasteiger partial charge in [-0.15, -0.1) is 0 Å². The van der Waals surface area contributed by atoms with E-state index in [1.54, 1.807) is 0 Å². The molecule has 0 amide bonds. The average Bonchev–Trinajstić information content (AvgIpc) is 3.72. The molecule has 5 nitrogen and oxygen atoms in total. The number of aromatic nitrogens is 5. The first-order valence-corrected chi connectivity index (χ1v) is 15.8. The van der Waals surface area contributed by atoms with Crippen molar-refractivity contribution in [1.29, 1.82) is 0 Å². The number of hydrogen-bond donors (Lipinski definition) is 0. The minimum Gasteiger partial charge on any atom is -0.315 e. The molecule has 0 saturated heterocycles. The normalized spacial score (nSPS) is 11.5. The number of rotatable bonds is 5. The highest BCUT2D eigenvalue weighted by Gasteiger charge is 2.19. The molecule has 0 aliphatic heterocycles. The van der Waals surface area contributed by atoms with Gasteiger partial charge in [-0.05, 0) is 48.9 Å². The van der Waals surface area contributed by atoms with Crippen molar-refractivity contribution < 1.29 is 0 Å². The van der Waals surface area contributed by atoms with E-state index in [2.05, 4.69) is 113 Å². The van der Waals surface area contributed by atoms with E-state index in [9.17, 15) is 0 Å². The second kappa shape index (κ2) is 10.9. The van der Waals surface area contributed by atoms with Gasteiger partial charge in [-0.1, -0.05) is 115 Å². The van der Waals surface area contributed by atoms with Crippen molar-refractivity contribution in [3.05, 3.63) is 163 Å². The maximum Gasteiger partial charge on any atom is 0.164 e. The van der Waals surface area contributed by atoms with E-state index in [1.165, 1.54) is 27.2 Å². The zero-order chi connectivity index (χ0) is 31.3. The van der Waals surface area contributed by atoms with E-state index in [-0.39, 0.29) is 0 Å². The summed E-state index contributed by atoms with van der Waals surface area (Å²) in [6.45, 7) is 2.14. The van der Waals surface area contributed by atoms with Crippen LogP contribution < -0.4 is 0 Å². The van der Waals surface area contributed by atoms with Crippen molar-refractivity contribution in [2.75, 3.05) is 0 Å². The van der Waals surface area contributed by atoms with Gasteiger partial charge in [0.05, 0.1) is 16.6 Å². The lowest BCUT2D eigenvalue weighted by Crippen LogP contribution is -2.01. The standard InChI is InChI=1S/C42H29N5/c1-28-12-10-18-33(26-28)46-25-24-29-22-23-36-35-20-8-9-21-37(35)47(39(36)38(29)46)34-19-11-17-32(27-34)42-44-40(30-13-4-2-5-14-30)43-41(45-42)31-15-6-3-7-16-31/h2-27H,1H3. The van der Waals surface area contributed by atoms with Crippen LogP contribution in [0.1, 0.15) is 5.56 Å². The summed E-state index contributed by atoms with van der Waals surface area (Å²) in [6, 6.07) is 52.8. The third-order valence-electron chi connectivity index (χ3n) is 8.83. The second-order valence-corrected chi connectivity index (χ2v) is 11.9. The molecule has 0 saturated carbocycles. The number of fused-ring (bicyclic) bond motifs is 5. The quantitative estimate of drug-likeness (QED) is 0.197. The summed E-state index contributed by atoms with van der Waals surface area (Å²) in [7, 11) is 0. The summed E-state index contributed by atoms with van der Waals surface area (Å²) < 4.78 is 4.70. The van der Waals surface area contributed by atoms with E-state index >= 15 is 0 Å². The molecule has 9 aromatic rings. The monoisotopic (exact) mass is 603 g/mol. The SMILES string of the molecule is Cc1cccc(-n2ccc3ccc4c5ccccc5n(-c5cccc(-c6nc(-c7ccccc7)nc(-c7ccccc7)n6)c5)c4c32)c1. The molecule has 3 aromatic heterocycles. The maximum atomic E-state index is 5.01. The van der Waals surface area contributed by atoms with Gasteiger partial charge >= 0.3 is 0 Å². The molecule has 0 aliphatic carbocycles. The Bertz CT molecular complexity index is 2520. The Labute approximate surface area is 272 Å². The zero-order valence-corrected chi connectivity index (χ0v) is 25.7. The Hall–Kier alpha value is -6.33. The number of para-hydroxylation sites is 1. The number of nitrogens with zero attached hydrogens (tertiary/aromatic N) is 5. The highest BCUT2D eigenvalue weighted by atomic mass is 15.0. The molecule has 0 N–H and O–H groups in total. The summed E-state index contributed by atoms with van der Waals surface area (Å²) in [5.41, 5.74) is 9.72. The maximum absolute atomic E-state index is 5.01. The molecule has 9 rings (SSSR count). The molecule has 47 heavy (non-hydrogen) atoms. The van der Waals surface area contributed by atoms with E-state index in [0.29, 0.717) is 17.5 Å². The lowest BCUT2D eigenvalue weighted by Gasteiger charge is -2.13. The van der Waals surface area contributed by atoms with Gasteiger partial charge in [0.15, 0.2) is 17.5 Å². The Balaban J connectivity index is 1.30. The van der Waals surface area contributed by atoms with Crippen molar-refractivity contribution in [3.8, 4) is 45.5 Å². The first kappa shape index (κ1) is 27.0. The highest BCUT2D eigenvalue weighted by Crippen LogP contribution is 2.38. The Morgan fingerprint density at radius 3 is 1.79 bits per heavy atom. The van der Waals surface area contributed by atoms with Crippen molar-refractivity contribution in [1.82, 2.24) is 24.1 Å². The molecule has 222 valence electrons. The Morgan fingerprint density at radius 1 is 0.447 bits per heavy atom. The molecule has 0 spiro atoms. The van der Waals surface area contributed by atoms with Crippen LogP contribution in [0, 0.1) is 6.92 Å². The van der Waals surface area contributed by atoms with Crippen LogP contribution in [0.3, 0.4) is 0 Å². The fraction of sp³-hybridized carbons (Fsp3) is 0.0238. The topological polar surface area (TPSA) is 48.5 Å². The van der Waals surface area contributed by atoms with Gasteiger partial charge in [-0.2, -0.15) is 0 Å². The smallest absolute Gasteiger partial charge is 0.164 e. The van der Waals surface area contributed by atoms with Crippen LogP contribution in [-0.4, -0.2) is 24.1 Å². The summed E-state index contributed by atoms with van der Waals surface area (Å²) in [6.07, 6.45) is 2.18. The van der Waals surface area contributed by atoms with Crippen molar-refractivity contribution in [2.24, 2.45) is 0 Å². The van der Waals surface area contributed by atoms with Crippen molar-refractivity contribution in [3.63, 3.8) is 0 Å². The number of hydrogen-bond acceptors (Lipinski definition) is 3. The van der Waals surface area contributed by atoms with Crippen LogP contribution in [0.4, 0.5) is 0 Å². The minimum absolute atomic E-state index is 0.633. The molecular formula is C42H29N5. The minimum atomic E-state index is 0.633. The lowest BCUT2D eigenvalue weighted by atomic mass is 10.1. The van der Waals surface area contributed by atoms with Gasteiger partial charge in [0, 0.05) is 50.4 Å². The summed E-state index contributed by atoms with van der Waals surface area (Å²) in [5, 5.41) is 3.62. The van der Waals surface area contributed by atoms with E-state index < -0.39 is 0 Å². The predicted molar refractivity (Wildman–Crippen MR) is 192 cm³/mol. The van der Waals surface area contributed by atoms with Crippen LogP contribution in [0.2, 0.25) is 0 Å². The van der Waals surface area contributed by atoms with Gasteiger partial charge in [0.25, 0.3) is 0 Å². The van der Waals surface area contributed by atoms with Gasteiger partial charge in [-0.25, -0.2) is 15.0 Å². The lowest BCUT2D eigenvalue weighted by molar-refractivity contribution is 1.07. The molecule has 0 atom stereocenters. The predicted octanol–water partition coefficient (Wildman–Crippen LogP) is 10.2. The molecule has 0 radical (unpaired) electrons. The fourth-order valence-corrected chi connectivity index (χ4v) is 6.66. The number of benzene rings is 6. The molecule has 0 bridgehead atoms. The number of aryl methyl sites for hydroxylation is 1. The molecule has 0 fully saturated rings. The van der Waals surface area contributed by atoms with E-state index in [1.807, 2.05) is 60.7 Å². The van der Waals surface area contributed by atoms with Gasteiger partial charge < -0.3 is 9.13 Å². The van der Waals surface area contributed by atoms with Gasteiger partial charge in [-0.3, -0.25) is 0 Å². The zero-order valence-electron chi connectivity index (χ0n) is 25.7. The van der Waals surface area contributed by atoms with Crippen LogP contribution in [-0.2, 0) is 0 Å². The second-order valence-electron chi connectivity index (χ2n) is 11.9. The van der Waals surface area contributed by atoms with Crippen LogP contribution in [0.25, 0.3) is 78.2 Å². The summed E-state index contributed by atoms with van der Waals surface area (Å²) >= 11 is 0. The average molecular weight is 604 g/mol. The largest absolute Gasteiger partial charge is 0.315 e. The third kappa shape index (κ3) is 4.60. The first-order valence-electron chi connectivity index (χ1n) is 15.8.